The van der Waals surface area contributed by atoms with Gasteiger partial charge in [0.05, 0.1) is 15.5 Å². The molecule has 0 fully saturated rings. The van der Waals surface area contributed by atoms with E-state index in [9.17, 15) is 0 Å². The van der Waals surface area contributed by atoms with Crippen molar-refractivity contribution in [3.05, 3.63) is 31.1 Å². The summed E-state index contributed by atoms with van der Waals surface area (Å²) in [5.74, 6) is 5.59. The zero-order valence-corrected chi connectivity index (χ0v) is 12.3. The molecule has 2 aromatic rings. The minimum atomic E-state index is -0.128. The van der Waals surface area contributed by atoms with E-state index < -0.39 is 0 Å². The fourth-order valence-electron chi connectivity index (χ4n) is 1.45. The fraction of sp³-hybridized carbons (Fsp3) is 0.250. The summed E-state index contributed by atoms with van der Waals surface area (Å²) in [6.07, 6.45) is 0. The van der Waals surface area contributed by atoms with E-state index in [2.05, 4.69) is 47.6 Å². The monoisotopic (exact) mass is 365 g/mol. The Kier molecular flexibility index (Phi) is 3.75. The molecule has 0 saturated carbocycles. The van der Waals surface area contributed by atoms with Crippen LogP contribution in [0.3, 0.4) is 0 Å². The summed E-state index contributed by atoms with van der Waals surface area (Å²) >= 11 is 8.41. The number of hydrogen-bond acceptors (Lipinski definition) is 5. The van der Waals surface area contributed by atoms with Crippen LogP contribution in [0.2, 0.25) is 0 Å². The van der Waals surface area contributed by atoms with Gasteiger partial charge in [0.25, 0.3) is 0 Å². The summed E-state index contributed by atoms with van der Waals surface area (Å²) in [7, 11) is 1.83. The van der Waals surface area contributed by atoms with Gasteiger partial charge in [-0.2, -0.15) is 0 Å². The summed E-state index contributed by atoms with van der Waals surface area (Å²) in [5.41, 5.74) is 4.74. The van der Waals surface area contributed by atoms with Gasteiger partial charge in [-0.1, -0.05) is 5.21 Å². The van der Waals surface area contributed by atoms with Crippen LogP contribution in [0.15, 0.2) is 19.8 Å². The topological polar surface area (TPSA) is 68.8 Å². The van der Waals surface area contributed by atoms with Gasteiger partial charge in [-0.25, -0.2) is 10.1 Å². The van der Waals surface area contributed by atoms with Crippen LogP contribution >= 0.6 is 43.2 Å². The molecule has 0 aromatic carbocycles. The normalized spacial score (nSPS) is 13.0. The molecule has 1 unspecified atom stereocenters. The summed E-state index contributed by atoms with van der Waals surface area (Å²) in [6.45, 7) is 0. The highest BCUT2D eigenvalue weighted by atomic mass is 79.9. The van der Waals surface area contributed by atoms with E-state index in [-0.39, 0.29) is 6.04 Å². The predicted octanol–water partition coefficient (Wildman–Crippen LogP) is 1.95. The van der Waals surface area contributed by atoms with Crippen molar-refractivity contribution in [2.24, 2.45) is 12.9 Å². The van der Waals surface area contributed by atoms with Crippen molar-refractivity contribution >= 4 is 43.2 Å². The highest BCUT2D eigenvalue weighted by Crippen LogP contribution is 2.31. The van der Waals surface area contributed by atoms with Crippen LogP contribution in [-0.4, -0.2) is 15.0 Å². The van der Waals surface area contributed by atoms with Crippen LogP contribution in [0.4, 0.5) is 0 Å². The summed E-state index contributed by atoms with van der Waals surface area (Å²) in [4.78, 5) is 0. The Morgan fingerprint density at radius 2 is 2.31 bits per heavy atom. The van der Waals surface area contributed by atoms with Crippen molar-refractivity contribution in [1.29, 1.82) is 0 Å². The van der Waals surface area contributed by atoms with Gasteiger partial charge in [0, 0.05) is 7.05 Å². The number of nitrogens with two attached hydrogens (primary N) is 1. The molecule has 0 aliphatic carbocycles. The van der Waals surface area contributed by atoms with Gasteiger partial charge in [-0.15, -0.1) is 16.4 Å². The van der Waals surface area contributed by atoms with Crippen molar-refractivity contribution in [1.82, 2.24) is 20.4 Å². The third-order valence-corrected chi connectivity index (χ3v) is 4.28. The Morgan fingerprint density at radius 3 is 2.75 bits per heavy atom. The molecular formula is C8H9Br2N5S. The van der Waals surface area contributed by atoms with Gasteiger partial charge >= 0.3 is 0 Å². The highest BCUT2D eigenvalue weighted by Gasteiger charge is 2.21. The van der Waals surface area contributed by atoms with E-state index in [1.165, 1.54) is 0 Å². The average molecular weight is 367 g/mol. The van der Waals surface area contributed by atoms with Gasteiger partial charge < -0.3 is 0 Å². The number of aryl methyl sites for hydroxylation is 1. The number of rotatable bonds is 3. The van der Waals surface area contributed by atoms with Crippen LogP contribution in [0.1, 0.15) is 17.3 Å². The van der Waals surface area contributed by atoms with Gasteiger partial charge in [-0.3, -0.25) is 5.84 Å². The van der Waals surface area contributed by atoms with E-state index in [1.54, 1.807) is 16.0 Å². The lowest BCUT2D eigenvalue weighted by Gasteiger charge is -2.14. The minimum Gasteiger partial charge on any atom is -0.271 e. The molecule has 0 aliphatic rings. The quantitative estimate of drug-likeness (QED) is 0.643. The zero-order chi connectivity index (χ0) is 11.7. The number of thiophene rings is 1. The van der Waals surface area contributed by atoms with E-state index in [1.807, 2.05) is 18.5 Å². The molecule has 16 heavy (non-hydrogen) atoms. The summed E-state index contributed by atoms with van der Waals surface area (Å²) < 4.78 is 3.45. The lowest BCUT2D eigenvalue weighted by Crippen LogP contribution is -2.30. The van der Waals surface area contributed by atoms with Crippen LogP contribution in [0.5, 0.6) is 0 Å². The van der Waals surface area contributed by atoms with Crippen molar-refractivity contribution < 1.29 is 0 Å². The zero-order valence-electron chi connectivity index (χ0n) is 8.32. The van der Waals surface area contributed by atoms with E-state index in [4.69, 9.17) is 5.84 Å². The molecule has 0 aliphatic heterocycles. The first-order valence-corrected chi connectivity index (χ1v) is 6.85. The fourth-order valence-corrected chi connectivity index (χ4v) is 3.21. The summed E-state index contributed by atoms with van der Waals surface area (Å²) in [5, 5.41) is 9.91. The third kappa shape index (κ3) is 2.21. The van der Waals surface area contributed by atoms with Gasteiger partial charge in [0.15, 0.2) is 4.60 Å². The lowest BCUT2D eigenvalue weighted by molar-refractivity contribution is 0.570. The summed E-state index contributed by atoms with van der Waals surface area (Å²) in [6, 6.07) is 1.89. The minimum absolute atomic E-state index is 0.128. The number of nitrogens with one attached hydrogen (secondary N) is 1. The Balaban J connectivity index is 2.44. The second-order valence-corrected chi connectivity index (χ2v) is 6.21. The van der Waals surface area contributed by atoms with Crippen LogP contribution < -0.4 is 11.3 Å². The van der Waals surface area contributed by atoms with Gasteiger partial charge in [0.2, 0.25) is 0 Å². The largest absolute Gasteiger partial charge is 0.271 e. The molecule has 0 amide bonds. The van der Waals surface area contributed by atoms with E-state index in [0.29, 0.717) is 4.60 Å². The second kappa shape index (κ2) is 4.92. The Labute approximate surface area is 113 Å². The third-order valence-electron chi connectivity index (χ3n) is 2.19. The Morgan fingerprint density at radius 1 is 1.56 bits per heavy atom. The van der Waals surface area contributed by atoms with E-state index >= 15 is 0 Å². The molecule has 2 heterocycles. The first-order chi connectivity index (χ1) is 7.63. The van der Waals surface area contributed by atoms with E-state index in [0.717, 1.165) is 15.0 Å². The molecule has 8 heteroatoms. The predicted molar refractivity (Wildman–Crippen MR) is 69.9 cm³/mol. The average Bonchev–Trinajstić information content (AvgIpc) is 2.80. The SMILES string of the molecule is Cn1nnc(Br)c1C(NN)c1csc(Br)c1. The number of aromatic nitrogens is 3. The van der Waals surface area contributed by atoms with Crippen molar-refractivity contribution in [3.63, 3.8) is 0 Å². The molecule has 0 spiro atoms. The second-order valence-electron chi connectivity index (χ2n) is 3.17. The number of hydrazine groups is 1. The molecule has 3 N–H and O–H groups in total. The van der Waals surface area contributed by atoms with Gasteiger partial charge in [-0.05, 0) is 48.9 Å². The van der Waals surface area contributed by atoms with Crippen LogP contribution in [-0.2, 0) is 7.05 Å². The Hall–Kier alpha value is -0.280. The number of halogens is 2. The molecular weight excluding hydrogens is 358 g/mol. The smallest absolute Gasteiger partial charge is 0.153 e. The van der Waals surface area contributed by atoms with Crippen molar-refractivity contribution in [2.75, 3.05) is 0 Å². The maximum atomic E-state index is 5.59. The number of nitrogens with zero attached hydrogens (tertiary/aromatic N) is 3. The standard InChI is InChI=1S/C8H9Br2N5S/c1-15-7(8(10)13-14-15)6(12-11)4-2-5(9)16-3-4/h2-3,6,12H,11H2,1H3. The molecule has 0 radical (unpaired) electrons. The van der Waals surface area contributed by atoms with Crippen LogP contribution in [0, 0.1) is 0 Å². The molecule has 1 atom stereocenters. The maximum Gasteiger partial charge on any atom is 0.153 e. The molecule has 86 valence electrons. The first kappa shape index (κ1) is 12.2. The van der Waals surface area contributed by atoms with Gasteiger partial charge in [0.1, 0.15) is 0 Å². The van der Waals surface area contributed by atoms with Crippen LogP contribution in [0.25, 0.3) is 0 Å². The Bertz CT molecular complexity index is 475. The molecule has 2 rings (SSSR count). The molecule has 2 aromatic heterocycles. The maximum absolute atomic E-state index is 5.59. The van der Waals surface area contributed by atoms with Crippen molar-refractivity contribution in [3.8, 4) is 0 Å². The molecule has 0 saturated heterocycles. The number of hydrogen-bond donors (Lipinski definition) is 2. The highest BCUT2D eigenvalue weighted by molar-refractivity contribution is 9.11. The van der Waals surface area contributed by atoms with Crippen molar-refractivity contribution in [2.45, 2.75) is 6.04 Å². The first-order valence-electron chi connectivity index (χ1n) is 4.38. The lowest BCUT2D eigenvalue weighted by atomic mass is 10.1. The molecule has 5 nitrogen and oxygen atoms in total. The molecule has 0 bridgehead atoms.